The van der Waals surface area contributed by atoms with Gasteiger partial charge in [-0.1, -0.05) is 74.5 Å². The Morgan fingerprint density at radius 1 is 0.917 bits per heavy atom. The van der Waals surface area contributed by atoms with Gasteiger partial charge in [0.05, 0.1) is 5.78 Å². The molecule has 2 aromatic rings. The molecule has 0 saturated carbocycles. The lowest BCUT2D eigenvalue weighted by Crippen LogP contribution is -2.38. The zero-order valence-electron chi connectivity index (χ0n) is 14.8. The molecule has 1 unspecified atom stereocenters. The van der Waals surface area contributed by atoms with Crippen molar-refractivity contribution in [1.82, 2.24) is 4.90 Å². The van der Waals surface area contributed by atoms with Crippen molar-refractivity contribution in [2.24, 2.45) is 5.92 Å². The van der Waals surface area contributed by atoms with Gasteiger partial charge >= 0.3 is 0 Å². The molecule has 0 radical (unpaired) electrons. The summed E-state index contributed by atoms with van der Waals surface area (Å²) in [4.78, 5) is 14.4. The van der Waals surface area contributed by atoms with Crippen LogP contribution in [0.1, 0.15) is 20.3 Å². The molecule has 1 atom stereocenters. The van der Waals surface area contributed by atoms with Crippen LogP contribution < -0.4 is 10.6 Å². The first kappa shape index (κ1) is 18.6. The van der Waals surface area contributed by atoms with Gasteiger partial charge in [-0.2, -0.15) is 0 Å². The third kappa shape index (κ3) is 3.85. The van der Waals surface area contributed by atoms with E-state index in [0.29, 0.717) is 0 Å². The van der Waals surface area contributed by atoms with Crippen LogP contribution in [-0.2, 0) is 9.36 Å². The van der Waals surface area contributed by atoms with Gasteiger partial charge in [0, 0.05) is 22.9 Å². The molecule has 0 spiro atoms. The van der Waals surface area contributed by atoms with Crippen molar-refractivity contribution in [2.75, 3.05) is 14.1 Å². The SMILES string of the molecule is CC(C)C(=O)CC(N(C)C)P(=O)(c1ccccc1)c1ccccc1. The summed E-state index contributed by atoms with van der Waals surface area (Å²) < 4.78 is 14.3. The van der Waals surface area contributed by atoms with Gasteiger partial charge in [-0.05, 0) is 14.1 Å². The van der Waals surface area contributed by atoms with Crippen LogP contribution in [0.15, 0.2) is 60.7 Å². The molecule has 0 saturated heterocycles. The quantitative estimate of drug-likeness (QED) is 0.722. The summed E-state index contributed by atoms with van der Waals surface area (Å²) in [6.45, 7) is 3.79. The molecule has 0 heterocycles. The van der Waals surface area contributed by atoms with E-state index in [4.69, 9.17) is 0 Å². The number of hydrogen-bond acceptors (Lipinski definition) is 3. The maximum Gasteiger partial charge on any atom is 0.159 e. The second kappa shape index (κ2) is 7.92. The second-order valence-corrected chi connectivity index (χ2v) is 9.54. The van der Waals surface area contributed by atoms with Gasteiger partial charge in [0.15, 0.2) is 7.14 Å². The Bertz CT molecular complexity index is 667. The smallest absolute Gasteiger partial charge is 0.159 e. The molecule has 0 N–H and O–H groups in total. The van der Waals surface area contributed by atoms with Crippen molar-refractivity contribution in [3.05, 3.63) is 60.7 Å². The predicted octanol–water partition coefficient (Wildman–Crippen LogP) is 3.50. The van der Waals surface area contributed by atoms with Crippen molar-refractivity contribution in [1.29, 1.82) is 0 Å². The molecule has 0 bridgehead atoms. The average molecular weight is 343 g/mol. The molecule has 2 rings (SSSR count). The maximum absolute atomic E-state index is 14.3. The van der Waals surface area contributed by atoms with Crippen LogP contribution in [-0.4, -0.2) is 30.6 Å². The van der Waals surface area contributed by atoms with E-state index in [2.05, 4.69) is 0 Å². The topological polar surface area (TPSA) is 37.4 Å². The Balaban J connectivity index is 2.60. The van der Waals surface area contributed by atoms with E-state index in [1.807, 2.05) is 93.5 Å². The van der Waals surface area contributed by atoms with Gasteiger partial charge in [0.1, 0.15) is 5.78 Å². The third-order valence-corrected chi connectivity index (χ3v) is 7.94. The normalized spacial score (nSPS) is 13.2. The lowest BCUT2D eigenvalue weighted by Gasteiger charge is -2.33. The van der Waals surface area contributed by atoms with E-state index in [1.54, 1.807) is 0 Å². The summed E-state index contributed by atoms with van der Waals surface area (Å²) in [5.74, 6) is -0.273. The van der Waals surface area contributed by atoms with Crippen molar-refractivity contribution in [3.8, 4) is 0 Å². The molecule has 3 nitrogen and oxygen atoms in total. The van der Waals surface area contributed by atoms with E-state index in [-0.39, 0.29) is 23.9 Å². The average Bonchev–Trinajstić information content (AvgIpc) is 2.60. The first-order valence-electron chi connectivity index (χ1n) is 8.27. The van der Waals surface area contributed by atoms with Crippen LogP contribution in [0.3, 0.4) is 0 Å². The first-order valence-corrected chi connectivity index (χ1v) is 10.0. The van der Waals surface area contributed by atoms with Gasteiger partial charge in [-0.15, -0.1) is 0 Å². The molecule has 0 aliphatic rings. The van der Waals surface area contributed by atoms with E-state index in [1.165, 1.54) is 0 Å². The highest BCUT2D eigenvalue weighted by molar-refractivity contribution is 7.79. The van der Waals surface area contributed by atoms with Gasteiger partial charge in [0.2, 0.25) is 0 Å². The fourth-order valence-electron chi connectivity index (χ4n) is 2.84. The number of Topliss-reactive ketones (excluding diaryl/α,β-unsaturated/α-hetero) is 1. The molecule has 0 aromatic heterocycles. The summed E-state index contributed by atoms with van der Waals surface area (Å²) in [6.07, 6.45) is 0.283. The number of benzene rings is 2. The van der Waals surface area contributed by atoms with Crippen LogP contribution in [0.2, 0.25) is 0 Å². The highest BCUT2D eigenvalue weighted by atomic mass is 31.2. The molecular weight excluding hydrogens is 317 g/mol. The third-order valence-electron chi connectivity index (χ3n) is 4.32. The highest BCUT2D eigenvalue weighted by Gasteiger charge is 2.39. The fourth-order valence-corrected chi connectivity index (χ4v) is 6.15. The number of hydrogen-bond donors (Lipinski definition) is 0. The molecule has 24 heavy (non-hydrogen) atoms. The number of carbonyl (C=O) groups excluding carboxylic acids is 1. The molecule has 0 aliphatic heterocycles. The fraction of sp³-hybridized carbons (Fsp3) is 0.350. The van der Waals surface area contributed by atoms with E-state index in [0.717, 1.165) is 10.6 Å². The molecule has 0 aliphatic carbocycles. The minimum absolute atomic E-state index is 0.0625. The van der Waals surface area contributed by atoms with Crippen LogP contribution in [0.5, 0.6) is 0 Å². The number of nitrogens with zero attached hydrogens (tertiary/aromatic N) is 1. The maximum atomic E-state index is 14.3. The Morgan fingerprint density at radius 3 is 1.67 bits per heavy atom. The molecule has 4 heteroatoms. The first-order chi connectivity index (χ1) is 11.4. The summed E-state index contributed by atoms with van der Waals surface area (Å²) in [5, 5.41) is 1.60. The van der Waals surface area contributed by atoms with Crippen LogP contribution in [0.25, 0.3) is 0 Å². The van der Waals surface area contributed by atoms with E-state index >= 15 is 0 Å². The Labute approximate surface area is 145 Å². The molecule has 0 amide bonds. The summed E-state index contributed by atoms with van der Waals surface area (Å²) >= 11 is 0. The Morgan fingerprint density at radius 2 is 1.33 bits per heavy atom. The zero-order chi connectivity index (χ0) is 17.7. The van der Waals surface area contributed by atoms with E-state index in [9.17, 15) is 9.36 Å². The number of carbonyl (C=O) groups is 1. The van der Waals surface area contributed by atoms with E-state index < -0.39 is 7.14 Å². The monoisotopic (exact) mass is 343 g/mol. The minimum atomic E-state index is -2.98. The molecular formula is C20H26NO2P. The summed E-state index contributed by atoms with van der Waals surface area (Å²) in [5.41, 5.74) is 0. The molecule has 2 aromatic carbocycles. The highest BCUT2D eigenvalue weighted by Crippen LogP contribution is 2.50. The van der Waals surface area contributed by atoms with Crippen molar-refractivity contribution in [3.63, 3.8) is 0 Å². The lowest BCUT2D eigenvalue weighted by atomic mass is 10.1. The Kier molecular flexibility index (Phi) is 6.15. The number of rotatable bonds is 7. The van der Waals surface area contributed by atoms with Gasteiger partial charge in [-0.25, -0.2) is 0 Å². The van der Waals surface area contributed by atoms with Crippen molar-refractivity contribution in [2.45, 2.75) is 26.1 Å². The standard InChI is InChI=1S/C20H26NO2P/c1-16(2)19(22)15-20(21(3)4)24(23,17-11-7-5-8-12-17)18-13-9-6-10-14-18/h5-14,16,20H,15H2,1-4H3. The van der Waals surface area contributed by atoms with Gasteiger partial charge in [-0.3, -0.25) is 9.69 Å². The van der Waals surface area contributed by atoms with Crippen LogP contribution >= 0.6 is 7.14 Å². The molecule has 128 valence electrons. The van der Waals surface area contributed by atoms with Crippen LogP contribution in [0.4, 0.5) is 0 Å². The van der Waals surface area contributed by atoms with Crippen molar-refractivity contribution < 1.29 is 9.36 Å². The second-order valence-electron chi connectivity index (χ2n) is 6.60. The summed E-state index contributed by atoms with van der Waals surface area (Å²) in [6, 6.07) is 19.1. The number of ketones is 1. The van der Waals surface area contributed by atoms with Crippen LogP contribution in [0, 0.1) is 5.92 Å². The predicted molar refractivity (Wildman–Crippen MR) is 102 cm³/mol. The van der Waals surface area contributed by atoms with Gasteiger partial charge < -0.3 is 4.57 Å². The van der Waals surface area contributed by atoms with Gasteiger partial charge in [0.25, 0.3) is 0 Å². The lowest BCUT2D eigenvalue weighted by molar-refractivity contribution is -0.122. The van der Waals surface area contributed by atoms with Crippen molar-refractivity contribution >= 4 is 23.5 Å². The Hall–Kier alpha value is -1.70. The minimum Gasteiger partial charge on any atom is -0.312 e. The zero-order valence-corrected chi connectivity index (χ0v) is 15.7. The largest absolute Gasteiger partial charge is 0.312 e. The molecule has 0 fully saturated rings. The summed E-state index contributed by atoms with van der Waals surface area (Å²) in [7, 11) is 0.820.